The van der Waals surface area contributed by atoms with Crippen LogP contribution in [0.25, 0.3) is 0 Å². The molecule has 0 aliphatic heterocycles. The largest absolute Gasteiger partial charge is 0.478 e. The van der Waals surface area contributed by atoms with Crippen molar-refractivity contribution in [3.05, 3.63) is 90.0 Å². The number of ether oxygens (including phenoxy) is 1. The van der Waals surface area contributed by atoms with Crippen LogP contribution in [0.3, 0.4) is 0 Å². The number of aryl methyl sites for hydroxylation is 1. The second kappa shape index (κ2) is 8.59. The fourth-order valence-electron chi connectivity index (χ4n) is 2.62. The first-order valence-electron chi connectivity index (χ1n) is 8.39. The Balaban J connectivity index is 1.80. The van der Waals surface area contributed by atoms with Crippen LogP contribution >= 0.6 is 11.8 Å². The molecule has 0 spiro atoms. The molecule has 3 aromatic rings. The fraction of sp³-hybridized carbons (Fsp3) is 0.136. The summed E-state index contributed by atoms with van der Waals surface area (Å²) in [6.45, 7) is 1.95. The smallest absolute Gasteiger partial charge is 0.345 e. The minimum absolute atomic E-state index is 0.305. The van der Waals surface area contributed by atoms with Crippen LogP contribution in [0, 0.1) is 6.92 Å². The molecule has 0 aromatic heterocycles. The van der Waals surface area contributed by atoms with Crippen molar-refractivity contribution >= 4 is 17.7 Å². The fourth-order valence-corrected chi connectivity index (χ4v) is 3.60. The third-order valence-corrected chi connectivity index (χ3v) is 5.02. The summed E-state index contributed by atoms with van der Waals surface area (Å²) in [5.74, 6) is -0.392. The number of hydrogen-bond donors (Lipinski definition) is 1. The van der Waals surface area contributed by atoms with Crippen molar-refractivity contribution in [1.29, 1.82) is 0 Å². The first kappa shape index (κ1) is 18.1. The summed E-state index contributed by atoms with van der Waals surface area (Å²) in [6, 6.07) is 25.4. The lowest BCUT2D eigenvalue weighted by Gasteiger charge is -2.17. The van der Waals surface area contributed by atoms with Crippen molar-refractivity contribution in [3.63, 3.8) is 0 Å². The molecule has 0 saturated carbocycles. The molecular formula is C22H20O3S. The summed E-state index contributed by atoms with van der Waals surface area (Å²) in [5, 5.41) is 9.61. The molecule has 132 valence electrons. The van der Waals surface area contributed by atoms with Gasteiger partial charge in [-0.25, -0.2) is 4.79 Å². The first-order valence-corrected chi connectivity index (χ1v) is 9.20. The van der Waals surface area contributed by atoms with Gasteiger partial charge >= 0.3 is 5.97 Å². The molecule has 0 bridgehead atoms. The highest BCUT2D eigenvalue weighted by molar-refractivity contribution is 7.99. The van der Waals surface area contributed by atoms with Crippen molar-refractivity contribution in [2.24, 2.45) is 0 Å². The Morgan fingerprint density at radius 1 is 1.00 bits per heavy atom. The molecule has 0 radical (unpaired) electrons. The molecule has 0 unspecified atom stereocenters. The first-order chi connectivity index (χ1) is 12.6. The highest BCUT2D eigenvalue weighted by atomic mass is 32.2. The van der Waals surface area contributed by atoms with Gasteiger partial charge in [0.1, 0.15) is 5.75 Å². The van der Waals surface area contributed by atoms with E-state index in [-0.39, 0.29) is 0 Å². The van der Waals surface area contributed by atoms with Crippen molar-refractivity contribution in [1.82, 2.24) is 0 Å². The van der Waals surface area contributed by atoms with Crippen LogP contribution in [-0.2, 0) is 11.2 Å². The van der Waals surface area contributed by atoms with Gasteiger partial charge in [0.15, 0.2) is 6.10 Å². The molecule has 1 atom stereocenters. The number of benzene rings is 3. The maximum absolute atomic E-state index is 11.7. The molecule has 0 saturated heterocycles. The van der Waals surface area contributed by atoms with Crippen LogP contribution in [0.15, 0.2) is 88.7 Å². The van der Waals surface area contributed by atoms with Crippen molar-refractivity contribution in [2.45, 2.75) is 29.2 Å². The zero-order chi connectivity index (χ0) is 18.4. The molecule has 3 aromatic carbocycles. The Labute approximate surface area is 157 Å². The Morgan fingerprint density at radius 2 is 1.73 bits per heavy atom. The van der Waals surface area contributed by atoms with Gasteiger partial charge in [0.05, 0.1) is 0 Å². The van der Waals surface area contributed by atoms with E-state index in [4.69, 9.17) is 4.74 Å². The Morgan fingerprint density at radius 3 is 2.46 bits per heavy atom. The van der Waals surface area contributed by atoms with Crippen LogP contribution < -0.4 is 4.74 Å². The zero-order valence-corrected chi connectivity index (χ0v) is 15.3. The number of aliphatic carboxylic acids is 1. The summed E-state index contributed by atoms with van der Waals surface area (Å²) in [5.41, 5.74) is 1.99. The molecule has 3 nitrogen and oxygen atoms in total. The van der Waals surface area contributed by atoms with Gasteiger partial charge in [-0.3, -0.25) is 0 Å². The number of carboxylic acid groups (broad SMARTS) is 1. The minimum atomic E-state index is -0.967. The minimum Gasteiger partial charge on any atom is -0.478 e. The van der Waals surface area contributed by atoms with E-state index in [1.54, 1.807) is 17.8 Å². The number of rotatable bonds is 7. The molecule has 0 amide bonds. The van der Waals surface area contributed by atoms with Gasteiger partial charge in [-0.15, -0.1) is 0 Å². The average molecular weight is 364 g/mol. The second-order valence-electron chi connectivity index (χ2n) is 5.99. The highest BCUT2D eigenvalue weighted by Crippen LogP contribution is 2.31. The van der Waals surface area contributed by atoms with Crippen LogP contribution in [0.4, 0.5) is 0 Å². The molecule has 4 heteroatoms. The van der Waals surface area contributed by atoms with Crippen LogP contribution in [-0.4, -0.2) is 17.2 Å². The molecule has 0 heterocycles. The quantitative estimate of drug-likeness (QED) is 0.624. The highest BCUT2D eigenvalue weighted by Gasteiger charge is 2.21. The van der Waals surface area contributed by atoms with Crippen molar-refractivity contribution < 1.29 is 14.6 Å². The molecule has 3 rings (SSSR count). The lowest BCUT2D eigenvalue weighted by atomic mass is 10.1. The summed E-state index contributed by atoms with van der Waals surface area (Å²) >= 11 is 1.63. The maximum Gasteiger partial charge on any atom is 0.345 e. The monoisotopic (exact) mass is 364 g/mol. The molecule has 0 aliphatic rings. The van der Waals surface area contributed by atoms with E-state index in [0.717, 1.165) is 20.9 Å². The van der Waals surface area contributed by atoms with E-state index in [1.165, 1.54) is 0 Å². The molecular weight excluding hydrogens is 344 g/mol. The third kappa shape index (κ3) is 4.90. The van der Waals surface area contributed by atoms with Crippen LogP contribution in [0.1, 0.15) is 11.1 Å². The summed E-state index contributed by atoms with van der Waals surface area (Å²) < 4.78 is 5.76. The standard InChI is InChI=1S/C22H20O3S/c1-16-8-7-10-18(14-16)25-20(22(23)24)15-17-9-5-6-13-21(17)26-19-11-3-2-4-12-19/h2-14,20H,15H2,1H3,(H,23,24)/t20-/m1/s1. The predicted octanol–water partition coefficient (Wildman–Crippen LogP) is 5.22. The second-order valence-corrected chi connectivity index (χ2v) is 7.10. The van der Waals surface area contributed by atoms with E-state index in [0.29, 0.717) is 12.2 Å². The Bertz CT molecular complexity index is 877. The number of hydrogen-bond acceptors (Lipinski definition) is 3. The lowest BCUT2D eigenvalue weighted by molar-refractivity contribution is -0.145. The van der Waals surface area contributed by atoms with E-state index < -0.39 is 12.1 Å². The van der Waals surface area contributed by atoms with Crippen molar-refractivity contribution in [3.8, 4) is 5.75 Å². The van der Waals surface area contributed by atoms with Gasteiger partial charge in [-0.05, 0) is 48.4 Å². The van der Waals surface area contributed by atoms with Gasteiger partial charge in [0.2, 0.25) is 0 Å². The lowest BCUT2D eigenvalue weighted by Crippen LogP contribution is -2.29. The van der Waals surface area contributed by atoms with Gasteiger partial charge in [-0.1, -0.05) is 60.3 Å². The van der Waals surface area contributed by atoms with E-state index in [1.807, 2.05) is 79.7 Å². The maximum atomic E-state index is 11.7. The average Bonchev–Trinajstić information content (AvgIpc) is 2.63. The summed E-state index contributed by atoms with van der Waals surface area (Å²) in [6.07, 6.45) is -0.631. The normalized spacial score (nSPS) is 11.7. The van der Waals surface area contributed by atoms with E-state index in [2.05, 4.69) is 0 Å². The van der Waals surface area contributed by atoms with E-state index >= 15 is 0 Å². The molecule has 0 fully saturated rings. The zero-order valence-electron chi connectivity index (χ0n) is 14.5. The number of carbonyl (C=O) groups is 1. The van der Waals surface area contributed by atoms with Gasteiger partial charge < -0.3 is 9.84 Å². The Hall–Kier alpha value is -2.72. The summed E-state index contributed by atoms with van der Waals surface area (Å²) in [4.78, 5) is 13.9. The topological polar surface area (TPSA) is 46.5 Å². The molecule has 1 N–H and O–H groups in total. The van der Waals surface area contributed by atoms with Gasteiger partial charge in [-0.2, -0.15) is 0 Å². The molecule has 26 heavy (non-hydrogen) atoms. The number of carboxylic acids is 1. The molecule has 0 aliphatic carbocycles. The van der Waals surface area contributed by atoms with Crippen molar-refractivity contribution in [2.75, 3.05) is 0 Å². The van der Waals surface area contributed by atoms with Gasteiger partial charge in [0.25, 0.3) is 0 Å². The summed E-state index contributed by atoms with van der Waals surface area (Å²) in [7, 11) is 0. The van der Waals surface area contributed by atoms with E-state index in [9.17, 15) is 9.90 Å². The SMILES string of the molecule is Cc1cccc(O[C@H](Cc2ccccc2Sc2ccccc2)C(=O)O)c1. The van der Waals surface area contributed by atoms with Gasteiger partial charge in [0, 0.05) is 16.2 Å². The van der Waals surface area contributed by atoms with Crippen LogP contribution in [0.5, 0.6) is 5.75 Å². The van der Waals surface area contributed by atoms with Crippen LogP contribution in [0.2, 0.25) is 0 Å². The Kier molecular flexibility index (Phi) is 5.97. The third-order valence-electron chi connectivity index (χ3n) is 3.89. The predicted molar refractivity (Wildman–Crippen MR) is 104 cm³/mol.